The highest BCUT2D eigenvalue weighted by molar-refractivity contribution is 5.79. The summed E-state index contributed by atoms with van der Waals surface area (Å²) in [4.78, 5) is 21.3. The van der Waals surface area contributed by atoms with Gasteiger partial charge in [-0.2, -0.15) is 8.78 Å². The molecule has 0 saturated heterocycles. The zero-order valence-electron chi connectivity index (χ0n) is 8.08. The maximum absolute atomic E-state index is 11.9. The fourth-order valence-corrected chi connectivity index (χ4v) is 1.81. The molecule has 2 unspecified atom stereocenters. The minimum Gasteiger partial charge on any atom is -0.481 e. The van der Waals surface area contributed by atoms with Gasteiger partial charge in [0.1, 0.15) is 0 Å². The van der Waals surface area contributed by atoms with E-state index in [2.05, 4.69) is 5.32 Å². The molecule has 1 rings (SSSR count). The van der Waals surface area contributed by atoms with E-state index in [9.17, 15) is 18.4 Å². The first kappa shape index (κ1) is 11.9. The second-order valence-corrected chi connectivity index (χ2v) is 3.71. The van der Waals surface area contributed by atoms with Gasteiger partial charge in [0.15, 0.2) is 0 Å². The second kappa shape index (κ2) is 5.04. The van der Waals surface area contributed by atoms with E-state index in [0.29, 0.717) is 19.3 Å². The average molecular weight is 221 g/mol. The monoisotopic (exact) mass is 221 g/mol. The fraction of sp³-hybridized carbons (Fsp3) is 0.778. The number of alkyl halides is 2. The quantitative estimate of drug-likeness (QED) is 0.747. The Morgan fingerprint density at radius 1 is 1.33 bits per heavy atom. The van der Waals surface area contributed by atoms with Crippen molar-refractivity contribution >= 4 is 11.9 Å². The van der Waals surface area contributed by atoms with E-state index >= 15 is 0 Å². The summed E-state index contributed by atoms with van der Waals surface area (Å²) in [6, 6.07) is -0.429. The Kier molecular flexibility index (Phi) is 3.99. The summed E-state index contributed by atoms with van der Waals surface area (Å²) < 4.78 is 23.8. The summed E-state index contributed by atoms with van der Waals surface area (Å²) in [5, 5.41) is 10.9. The van der Waals surface area contributed by atoms with Crippen LogP contribution in [-0.4, -0.2) is 29.5 Å². The van der Waals surface area contributed by atoms with Crippen molar-refractivity contribution in [2.45, 2.75) is 38.2 Å². The van der Waals surface area contributed by atoms with Gasteiger partial charge in [-0.25, -0.2) is 0 Å². The van der Waals surface area contributed by atoms with Gasteiger partial charge in [-0.1, -0.05) is 6.42 Å². The van der Waals surface area contributed by atoms with Crippen molar-refractivity contribution < 1.29 is 23.5 Å². The Hall–Kier alpha value is -1.20. The standard InChI is InChI=1S/C9H13F2NO3/c10-7(11)8(13)12-6-3-1-2-5(4-6)9(14)15/h5-7H,1-4H2,(H,12,13)(H,14,15). The highest BCUT2D eigenvalue weighted by Crippen LogP contribution is 2.24. The van der Waals surface area contributed by atoms with Crippen LogP contribution in [0.3, 0.4) is 0 Å². The molecule has 2 atom stereocenters. The van der Waals surface area contributed by atoms with Gasteiger partial charge in [0.25, 0.3) is 5.91 Å². The summed E-state index contributed by atoms with van der Waals surface area (Å²) in [7, 11) is 0. The number of halogens is 2. The van der Waals surface area contributed by atoms with Crippen LogP contribution in [0.4, 0.5) is 8.78 Å². The predicted octanol–water partition coefficient (Wildman–Crippen LogP) is 1.01. The number of carboxylic acids is 1. The normalized spacial score (nSPS) is 26.3. The van der Waals surface area contributed by atoms with Crippen LogP contribution in [0, 0.1) is 5.92 Å². The Balaban J connectivity index is 2.43. The third kappa shape index (κ3) is 3.45. The lowest BCUT2D eigenvalue weighted by Crippen LogP contribution is -2.42. The molecular formula is C9H13F2NO3. The molecule has 15 heavy (non-hydrogen) atoms. The lowest BCUT2D eigenvalue weighted by Gasteiger charge is -2.27. The van der Waals surface area contributed by atoms with Crippen LogP contribution in [0.1, 0.15) is 25.7 Å². The Morgan fingerprint density at radius 3 is 2.53 bits per heavy atom. The minimum atomic E-state index is -3.03. The van der Waals surface area contributed by atoms with Crippen LogP contribution in [0.25, 0.3) is 0 Å². The molecule has 1 aliphatic rings. The molecule has 6 heteroatoms. The molecule has 0 aromatic heterocycles. The molecule has 4 nitrogen and oxygen atoms in total. The van der Waals surface area contributed by atoms with Crippen molar-refractivity contribution in [3.05, 3.63) is 0 Å². The molecule has 0 spiro atoms. The highest BCUT2D eigenvalue weighted by Gasteiger charge is 2.29. The van der Waals surface area contributed by atoms with Gasteiger partial charge in [-0.15, -0.1) is 0 Å². The van der Waals surface area contributed by atoms with Crippen molar-refractivity contribution in [3.63, 3.8) is 0 Å². The fourth-order valence-electron chi connectivity index (χ4n) is 1.81. The zero-order chi connectivity index (χ0) is 11.4. The molecule has 2 N–H and O–H groups in total. The third-order valence-corrected chi connectivity index (χ3v) is 2.57. The molecule has 1 fully saturated rings. The minimum absolute atomic E-state index is 0.244. The molecule has 0 bridgehead atoms. The number of carbonyl (C=O) groups excluding carboxylic acids is 1. The van der Waals surface area contributed by atoms with Crippen molar-refractivity contribution in [1.29, 1.82) is 0 Å². The Bertz CT molecular complexity index is 258. The van der Waals surface area contributed by atoms with Gasteiger partial charge < -0.3 is 10.4 Å². The van der Waals surface area contributed by atoms with Gasteiger partial charge in [0, 0.05) is 6.04 Å². The second-order valence-electron chi connectivity index (χ2n) is 3.71. The van der Waals surface area contributed by atoms with E-state index in [0.717, 1.165) is 0 Å². The van der Waals surface area contributed by atoms with Gasteiger partial charge in [-0.3, -0.25) is 9.59 Å². The lowest BCUT2D eigenvalue weighted by molar-refractivity contribution is -0.143. The number of carboxylic acid groups (broad SMARTS) is 1. The molecule has 0 radical (unpaired) electrons. The average Bonchev–Trinajstić information content (AvgIpc) is 2.18. The first-order valence-corrected chi connectivity index (χ1v) is 4.82. The molecule has 0 aromatic rings. The molecular weight excluding hydrogens is 208 g/mol. The first-order valence-electron chi connectivity index (χ1n) is 4.82. The van der Waals surface area contributed by atoms with Crippen molar-refractivity contribution in [1.82, 2.24) is 5.32 Å². The highest BCUT2D eigenvalue weighted by atomic mass is 19.3. The number of aliphatic carboxylic acids is 1. The summed E-state index contributed by atoms with van der Waals surface area (Å²) in [5.41, 5.74) is 0. The molecule has 1 saturated carbocycles. The van der Waals surface area contributed by atoms with Crippen molar-refractivity contribution in [2.24, 2.45) is 5.92 Å². The lowest BCUT2D eigenvalue weighted by atomic mass is 9.86. The molecule has 1 aliphatic carbocycles. The summed E-state index contributed by atoms with van der Waals surface area (Å²) in [5.74, 6) is -2.77. The number of amides is 1. The third-order valence-electron chi connectivity index (χ3n) is 2.57. The largest absolute Gasteiger partial charge is 0.481 e. The number of hydrogen-bond acceptors (Lipinski definition) is 2. The smallest absolute Gasteiger partial charge is 0.315 e. The summed E-state index contributed by atoms with van der Waals surface area (Å²) in [6.45, 7) is 0. The zero-order valence-corrected chi connectivity index (χ0v) is 8.08. The molecule has 0 heterocycles. The molecule has 1 amide bonds. The molecule has 86 valence electrons. The number of rotatable bonds is 3. The first-order chi connectivity index (χ1) is 7.00. The Labute approximate surface area is 85.7 Å². The van der Waals surface area contributed by atoms with Gasteiger partial charge in [-0.05, 0) is 19.3 Å². The SMILES string of the molecule is O=C(NC1CCCC(C(=O)O)C1)C(F)F. The van der Waals surface area contributed by atoms with Crippen LogP contribution in [0.15, 0.2) is 0 Å². The van der Waals surface area contributed by atoms with Crippen LogP contribution in [0.5, 0.6) is 0 Å². The summed E-state index contributed by atoms with van der Waals surface area (Å²) in [6.07, 6.45) is -1.02. The van der Waals surface area contributed by atoms with Crippen LogP contribution in [-0.2, 0) is 9.59 Å². The van der Waals surface area contributed by atoms with Gasteiger partial charge >= 0.3 is 12.4 Å². The number of carbonyl (C=O) groups is 2. The molecule has 0 aliphatic heterocycles. The number of nitrogens with one attached hydrogen (secondary N) is 1. The van der Waals surface area contributed by atoms with E-state index in [1.807, 2.05) is 0 Å². The molecule has 0 aromatic carbocycles. The Morgan fingerprint density at radius 2 is 2.00 bits per heavy atom. The maximum Gasteiger partial charge on any atom is 0.315 e. The van der Waals surface area contributed by atoms with E-state index in [1.54, 1.807) is 0 Å². The predicted molar refractivity (Wildman–Crippen MR) is 47.5 cm³/mol. The van der Waals surface area contributed by atoms with Crippen LogP contribution in [0.2, 0.25) is 0 Å². The topological polar surface area (TPSA) is 66.4 Å². The van der Waals surface area contributed by atoms with Gasteiger partial charge in [0.05, 0.1) is 5.92 Å². The maximum atomic E-state index is 11.9. The van der Waals surface area contributed by atoms with E-state index < -0.39 is 30.3 Å². The van der Waals surface area contributed by atoms with Crippen LogP contribution < -0.4 is 5.32 Å². The summed E-state index contributed by atoms with van der Waals surface area (Å²) >= 11 is 0. The van der Waals surface area contributed by atoms with E-state index in [-0.39, 0.29) is 6.42 Å². The van der Waals surface area contributed by atoms with Gasteiger partial charge in [0.2, 0.25) is 0 Å². The van der Waals surface area contributed by atoms with Crippen molar-refractivity contribution in [3.8, 4) is 0 Å². The van der Waals surface area contributed by atoms with Crippen LogP contribution >= 0.6 is 0 Å². The van der Waals surface area contributed by atoms with E-state index in [1.165, 1.54) is 0 Å². The number of hydrogen-bond donors (Lipinski definition) is 2. The van der Waals surface area contributed by atoms with E-state index in [4.69, 9.17) is 5.11 Å². The van der Waals surface area contributed by atoms with Crippen molar-refractivity contribution in [2.75, 3.05) is 0 Å².